The zero-order valence-corrected chi connectivity index (χ0v) is 13.0. The number of nitrogens with one attached hydrogen (secondary N) is 1. The highest BCUT2D eigenvalue weighted by Crippen LogP contribution is 2.33. The lowest BCUT2D eigenvalue weighted by molar-refractivity contribution is -0.135. The second kappa shape index (κ2) is 7.41. The molecule has 112 valence electrons. The molecule has 2 aliphatic heterocycles. The van der Waals surface area contributed by atoms with Crippen LogP contribution in [0.15, 0.2) is 16.8 Å². The van der Waals surface area contributed by atoms with Gasteiger partial charge in [-0.25, -0.2) is 0 Å². The second-order valence-corrected chi connectivity index (χ2v) is 5.98. The molecule has 0 radical (unpaired) electrons. The molecule has 0 bridgehead atoms. The van der Waals surface area contributed by atoms with Crippen molar-refractivity contribution in [3.63, 3.8) is 0 Å². The molecule has 1 aromatic rings. The molecule has 0 aromatic carbocycles. The topological polar surface area (TPSA) is 41.6 Å². The zero-order chi connectivity index (χ0) is 13.1. The quantitative estimate of drug-likeness (QED) is 0.929. The Kier molecular flexibility index (Phi) is 5.84. The fraction of sp³-hybridized carbons (Fsp3) is 0.643. The minimum absolute atomic E-state index is 0. The first-order valence-electron chi connectivity index (χ1n) is 6.98. The Labute approximate surface area is 129 Å². The third-order valence-corrected chi connectivity index (χ3v) is 4.61. The van der Waals surface area contributed by atoms with E-state index in [0.717, 1.165) is 32.5 Å². The number of likely N-dealkylation sites (tertiary alicyclic amines) is 1. The lowest BCUT2D eigenvalue weighted by Crippen LogP contribution is -2.42. The van der Waals surface area contributed by atoms with Gasteiger partial charge in [0, 0.05) is 19.6 Å². The van der Waals surface area contributed by atoms with Crippen LogP contribution < -0.4 is 5.32 Å². The molecule has 3 heterocycles. The standard InChI is InChI=1S/C14H20N2O2S.ClH/c17-14(8-12-9-15-4-6-18-12)16-5-1-2-13(16)11-3-7-19-10-11;/h3,7,10,12-13,15H,1-2,4-6,8-9H2;1H. The van der Waals surface area contributed by atoms with Gasteiger partial charge in [-0.15, -0.1) is 12.4 Å². The molecule has 20 heavy (non-hydrogen) atoms. The minimum atomic E-state index is 0. The molecule has 1 N–H and O–H groups in total. The highest BCUT2D eigenvalue weighted by Gasteiger charge is 2.31. The number of ether oxygens (including phenoxy) is 1. The van der Waals surface area contributed by atoms with Crippen molar-refractivity contribution in [3.8, 4) is 0 Å². The highest BCUT2D eigenvalue weighted by atomic mass is 35.5. The van der Waals surface area contributed by atoms with Gasteiger partial charge in [0.1, 0.15) is 0 Å². The van der Waals surface area contributed by atoms with E-state index >= 15 is 0 Å². The molecule has 1 amide bonds. The SMILES string of the molecule is Cl.O=C(CC1CNCCO1)N1CCCC1c1ccsc1. The van der Waals surface area contributed by atoms with Gasteiger partial charge in [0.2, 0.25) is 5.91 Å². The fourth-order valence-electron chi connectivity index (χ4n) is 2.94. The largest absolute Gasteiger partial charge is 0.375 e. The number of amides is 1. The third kappa shape index (κ3) is 3.52. The molecule has 3 rings (SSSR count). The van der Waals surface area contributed by atoms with Crippen LogP contribution in [0.1, 0.15) is 30.9 Å². The minimum Gasteiger partial charge on any atom is -0.375 e. The molecule has 4 nitrogen and oxygen atoms in total. The maximum Gasteiger partial charge on any atom is 0.225 e. The molecule has 2 atom stereocenters. The van der Waals surface area contributed by atoms with Crippen molar-refractivity contribution in [2.45, 2.75) is 31.4 Å². The predicted molar refractivity (Wildman–Crippen MR) is 82.5 cm³/mol. The fourth-order valence-corrected chi connectivity index (χ4v) is 3.65. The number of carbonyl (C=O) groups is 1. The molecule has 2 saturated heterocycles. The maximum atomic E-state index is 12.4. The molecular formula is C14H21ClN2O2S. The predicted octanol–water partition coefficient (Wildman–Crippen LogP) is 2.21. The van der Waals surface area contributed by atoms with Gasteiger partial charge in [-0.1, -0.05) is 0 Å². The van der Waals surface area contributed by atoms with E-state index in [1.807, 2.05) is 4.90 Å². The van der Waals surface area contributed by atoms with Crippen molar-refractivity contribution in [1.82, 2.24) is 10.2 Å². The van der Waals surface area contributed by atoms with E-state index in [0.29, 0.717) is 13.0 Å². The Morgan fingerprint density at radius 1 is 1.55 bits per heavy atom. The zero-order valence-electron chi connectivity index (χ0n) is 11.4. The lowest BCUT2D eigenvalue weighted by Gasteiger charge is -2.28. The van der Waals surface area contributed by atoms with Crippen molar-refractivity contribution in [2.24, 2.45) is 0 Å². The first-order chi connectivity index (χ1) is 9.34. The van der Waals surface area contributed by atoms with Gasteiger partial charge in [0.05, 0.1) is 25.2 Å². The van der Waals surface area contributed by atoms with Gasteiger partial charge in [-0.05, 0) is 35.2 Å². The monoisotopic (exact) mass is 316 g/mol. The maximum absolute atomic E-state index is 12.4. The van der Waals surface area contributed by atoms with Crippen LogP contribution in [0, 0.1) is 0 Å². The molecule has 0 aliphatic carbocycles. The van der Waals surface area contributed by atoms with Gasteiger partial charge < -0.3 is 15.0 Å². The van der Waals surface area contributed by atoms with Crippen molar-refractivity contribution in [2.75, 3.05) is 26.2 Å². The molecule has 2 unspecified atom stereocenters. The van der Waals surface area contributed by atoms with Crippen LogP contribution in [0.2, 0.25) is 0 Å². The van der Waals surface area contributed by atoms with E-state index in [1.54, 1.807) is 11.3 Å². The Hall–Kier alpha value is -0.620. The summed E-state index contributed by atoms with van der Waals surface area (Å²) in [5.41, 5.74) is 1.29. The van der Waals surface area contributed by atoms with Gasteiger partial charge in [0.15, 0.2) is 0 Å². The number of carbonyl (C=O) groups excluding carboxylic acids is 1. The summed E-state index contributed by atoms with van der Waals surface area (Å²) in [4.78, 5) is 14.5. The summed E-state index contributed by atoms with van der Waals surface area (Å²) in [6, 6.07) is 2.43. The van der Waals surface area contributed by atoms with Crippen molar-refractivity contribution in [1.29, 1.82) is 0 Å². The number of morpholine rings is 1. The number of halogens is 1. The van der Waals surface area contributed by atoms with Gasteiger partial charge in [0.25, 0.3) is 0 Å². The lowest BCUT2D eigenvalue weighted by atomic mass is 10.1. The van der Waals surface area contributed by atoms with Crippen LogP contribution in [0.5, 0.6) is 0 Å². The highest BCUT2D eigenvalue weighted by molar-refractivity contribution is 7.07. The molecule has 6 heteroatoms. The Morgan fingerprint density at radius 2 is 2.45 bits per heavy atom. The number of thiophene rings is 1. The van der Waals surface area contributed by atoms with E-state index < -0.39 is 0 Å². The Bertz CT molecular complexity index is 421. The van der Waals surface area contributed by atoms with Crippen LogP contribution in [0.25, 0.3) is 0 Å². The average molecular weight is 317 g/mol. The van der Waals surface area contributed by atoms with Gasteiger partial charge in [-0.3, -0.25) is 4.79 Å². The molecule has 2 fully saturated rings. The molecule has 0 saturated carbocycles. The Morgan fingerprint density at radius 3 is 3.15 bits per heavy atom. The van der Waals surface area contributed by atoms with Crippen LogP contribution in [0.3, 0.4) is 0 Å². The second-order valence-electron chi connectivity index (χ2n) is 5.20. The normalized spacial score (nSPS) is 26.3. The van der Waals surface area contributed by atoms with Crippen molar-refractivity contribution < 1.29 is 9.53 Å². The summed E-state index contributed by atoms with van der Waals surface area (Å²) < 4.78 is 5.63. The molecule has 1 aromatic heterocycles. The first kappa shape index (κ1) is 15.8. The number of hydrogen-bond donors (Lipinski definition) is 1. The van der Waals surface area contributed by atoms with Crippen LogP contribution in [-0.2, 0) is 9.53 Å². The average Bonchev–Trinajstić information content (AvgIpc) is 3.10. The first-order valence-corrected chi connectivity index (χ1v) is 7.93. The van der Waals surface area contributed by atoms with Crippen molar-refractivity contribution in [3.05, 3.63) is 22.4 Å². The van der Waals surface area contributed by atoms with Crippen LogP contribution in [-0.4, -0.2) is 43.2 Å². The summed E-state index contributed by atoms with van der Waals surface area (Å²) >= 11 is 1.70. The number of nitrogens with zero attached hydrogens (tertiary/aromatic N) is 1. The summed E-state index contributed by atoms with van der Waals surface area (Å²) in [7, 11) is 0. The van der Waals surface area contributed by atoms with E-state index in [9.17, 15) is 4.79 Å². The van der Waals surface area contributed by atoms with Gasteiger partial charge in [-0.2, -0.15) is 11.3 Å². The summed E-state index contributed by atoms with van der Waals surface area (Å²) in [6.45, 7) is 3.29. The summed E-state index contributed by atoms with van der Waals surface area (Å²) in [5.74, 6) is 0.238. The summed E-state index contributed by atoms with van der Waals surface area (Å²) in [5, 5.41) is 7.52. The third-order valence-electron chi connectivity index (χ3n) is 3.91. The Balaban J connectivity index is 0.00000147. The molecule has 2 aliphatic rings. The smallest absolute Gasteiger partial charge is 0.225 e. The number of rotatable bonds is 3. The summed E-state index contributed by atoms with van der Waals surface area (Å²) in [6.07, 6.45) is 2.75. The van der Waals surface area contributed by atoms with Gasteiger partial charge >= 0.3 is 0 Å². The van der Waals surface area contributed by atoms with Crippen molar-refractivity contribution >= 4 is 29.7 Å². The van der Waals surface area contributed by atoms with E-state index in [4.69, 9.17) is 4.74 Å². The van der Waals surface area contributed by atoms with Crippen LogP contribution >= 0.6 is 23.7 Å². The van der Waals surface area contributed by atoms with E-state index in [1.165, 1.54) is 5.56 Å². The van der Waals surface area contributed by atoms with Crippen LogP contribution in [0.4, 0.5) is 0 Å². The number of hydrogen-bond acceptors (Lipinski definition) is 4. The van der Waals surface area contributed by atoms with E-state index in [-0.39, 0.29) is 30.5 Å². The van der Waals surface area contributed by atoms with E-state index in [2.05, 4.69) is 22.1 Å². The molecule has 0 spiro atoms. The molecular weight excluding hydrogens is 296 g/mol.